The zero-order valence-electron chi connectivity index (χ0n) is 12.1. The van der Waals surface area contributed by atoms with Crippen molar-refractivity contribution in [3.63, 3.8) is 0 Å². The van der Waals surface area contributed by atoms with Crippen molar-refractivity contribution in [2.24, 2.45) is 11.1 Å². The molecular formula is C14H19F3N2O2. The molecule has 0 saturated carbocycles. The molecule has 0 radical (unpaired) electrons. The number of hydrogen-bond donors (Lipinski definition) is 2. The molecular weight excluding hydrogens is 285 g/mol. The van der Waals surface area contributed by atoms with E-state index < -0.39 is 23.7 Å². The number of carbonyl (C=O) groups is 1. The van der Waals surface area contributed by atoms with Gasteiger partial charge in [-0.25, -0.2) is 0 Å². The molecule has 0 aliphatic heterocycles. The number of hydrogen-bond acceptors (Lipinski definition) is 3. The molecule has 4 nitrogen and oxygen atoms in total. The van der Waals surface area contributed by atoms with Crippen LogP contribution in [0, 0.1) is 5.41 Å². The first-order valence-corrected chi connectivity index (χ1v) is 6.37. The molecule has 1 rings (SSSR count). The first-order chi connectivity index (χ1) is 9.50. The molecule has 0 aliphatic carbocycles. The summed E-state index contributed by atoms with van der Waals surface area (Å²) in [6.07, 6.45) is -4.78. The van der Waals surface area contributed by atoms with Gasteiger partial charge in [0.05, 0.1) is 6.04 Å². The lowest BCUT2D eigenvalue weighted by Gasteiger charge is -2.26. The number of carbonyl (C=O) groups excluding carboxylic acids is 1. The van der Waals surface area contributed by atoms with Crippen LogP contribution in [0.25, 0.3) is 0 Å². The molecule has 0 fully saturated rings. The zero-order valence-corrected chi connectivity index (χ0v) is 12.1. The van der Waals surface area contributed by atoms with Crippen LogP contribution in [-0.4, -0.2) is 18.3 Å². The SMILES string of the molecule is CC(C)(C)C(N)C(=O)NCc1ccccc1OC(F)(F)F. The Morgan fingerprint density at radius 3 is 2.38 bits per heavy atom. The average molecular weight is 304 g/mol. The van der Waals surface area contributed by atoms with Crippen molar-refractivity contribution in [3.05, 3.63) is 29.8 Å². The maximum atomic E-state index is 12.3. The first-order valence-electron chi connectivity index (χ1n) is 6.37. The molecule has 0 heterocycles. The Morgan fingerprint density at radius 2 is 1.86 bits per heavy atom. The summed E-state index contributed by atoms with van der Waals surface area (Å²) in [4.78, 5) is 11.9. The minimum atomic E-state index is -4.78. The summed E-state index contributed by atoms with van der Waals surface area (Å²) in [6.45, 7) is 5.32. The molecule has 1 amide bonds. The van der Waals surface area contributed by atoms with Gasteiger partial charge in [-0.3, -0.25) is 4.79 Å². The number of rotatable bonds is 4. The lowest BCUT2D eigenvalue weighted by Crippen LogP contribution is -2.48. The maximum absolute atomic E-state index is 12.3. The summed E-state index contributed by atoms with van der Waals surface area (Å²) in [6, 6.07) is 4.87. The van der Waals surface area contributed by atoms with Crippen molar-refractivity contribution < 1.29 is 22.7 Å². The third kappa shape index (κ3) is 5.63. The summed E-state index contributed by atoms with van der Waals surface area (Å²) in [5.74, 6) is -0.765. The van der Waals surface area contributed by atoms with Gasteiger partial charge >= 0.3 is 6.36 Å². The molecule has 1 unspecified atom stereocenters. The number of alkyl halides is 3. The second-order valence-corrected chi connectivity index (χ2v) is 5.72. The Kier molecular flexibility index (Phi) is 5.22. The van der Waals surface area contributed by atoms with Crippen molar-refractivity contribution in [1.82, 2.24) is 5.32 Å². The number of nitrogens with one attached hydrogen (secondary N) is 1. The summed E-state index contributed by atoms with van der Waals surface area (Å²) in [5.41, 5.74) is 5.56. The molecule has 7 heteroatoms. The van der Waals surface area contributed by atoms with Gasteiger partial charge in [-0.1, -0.05) is 39.0 Å². The van der Waals surface area contributed by atoms with E-state index in [0.717, 1.165) is 0 Å². The van der Waals surface area contributed by atoms with Gasteiger partial charge in [-0.2, -0.15) is 0 Å². The van der Waals surface area contributed by atoms with E-state index in [1.54, 1.807) is 26.8 Å². The van der Waals surface area contributed by atoms with Crippen molar-refractivity contribution in [2.45, 2.75) is 39.7 Å². The van der Waals surface area contributed by atoms with Crippen LogP contribution in [-0.2, 0) is 11.3 Å². The quantitative estimate of drug-likeness (QED) is 0.898. The third-order valence-electron chi connectivity index (χ3n) is 2.87. The maximum Gasteiger partial charge on any atom is 0.573 e. The lowest BCUT2D eigenvalue weighted by molar-refractivity contribution is -0.274. The molecule has 21 heavy (non-hydrogen) atoms. The Morgan fingerprint density at radius 1 is 1.29 bits per heavy atom. The molecule has 0 saturated heterocycles. The minimum absolute atomic E-state index is 0.0884. The highest BCUT2D eigenvalue weighted by Crippen LogP contribution is 2.26. The molecule has 0 aromatic heterocycles. The Bertz CT molecular complexity index is 496. The highest BCUT2D eigenvalue weighted by Gasteiger charge is 2.32. The fraction of sp³-hybridized carbons (Fsp3) is 0.500. The summed E-state index contributed by atoms with van der Waals surface area (Å²) >= 11 is 0. The summed E-state index contributed by atoms with van der Waals surface area (Å²) < 4.78 is 40.7. The van der Waals surface area contributed by atoms with Crippen molar-refractivity contribution in [1.29, 1.82) is 0 Å². The fourth-order valence-electron chi connectivity index (χ4n) is 1.56. The van der Waals surface area contributed by atoms with Crippen LogP contribution in [0.5, 0.6) is 5.75 Å². The minimum Gasteiger partial charge on any atom is -0.405 e. The Labute approximate surface area is 121 Å². The molecule has 0 bridgehead atoms. The van der Waals surface area contributed by atoms with E-state index >= 15 is 0 Å². The highest BCUT2D eigenvalue weighted by atomic mass is 19.4. The van der Waals surface area contributed by atoms with Crippen molar-refractivity contribution in [2.75, 3.05) is 0 Å². The topological polar surface area (TPSA) is 64.4 Å². The van der Waals surface area contributed by atoms with Gasteiger partial charge in [-0.05, 0) is 11.5 Å². The number of benzene rings is 1. The monoisotopic (exact) mass is 304 g/mol. The standard InChI is InChI=1S/C14H19F3N2O2/c1-13(2,3)11(18)12(20)19-8-9-6-4-5-7-10(9)21-14(15,16)17/h4-7,11H,8,18H2,1-3H3,(H,19,20). The van der Waals surface area contributed by atoms with Gasteiger partial charge < -0.3 is 15.8 Å². The molecule has 0 spiro atoms. The fourth-order valence-corrected chi connectivity index (χ4v) is 1.56. The molecule has 118 valence electrons. The van der Waals surface area contributed by atoms with E-state index in [1.807, 2.05) is 0 Å². The average Bonchev–Trinajstić information content (AvgIpc) is 2.33. The van der Waals surface area contributed by atoms with Gasteiger partial charge in [0.15, 0.2) is 0 Å². The van der Waals surface area contributed by atoms with E-state index in [9.17, 15) is 18.0 Å². The number of para-hydroxylation sites is 1. The predicted molar refractivity (Wildman–Crippen MR) is 72.4 cm³/mol. The second-order valence-electron chi connectivity index (χ2n) is 5.72. The largest absolute Gasteiger partial charge is 0.573 e. The van der Waals surface area contributed by atoms with Gasteiger partial charge in [0.25, 0.3) is 0 Å². The van der Waals surface area contributed by atoms with E-state index in [-0.39, 0.29) is 17.9 Å². The Balaban J connectivity index is 2.74. The highest BCUT2D eigenvalue weighted by molar-refractivity contribution is 5.82. The van der Waals surface area contributed by atoms with Crippen LogP contribution < -0.4 is 15.8 Å². The van der Waals surface area contributed by atoms with Gasteiger partial charge in [0, 0.05) is 12.1 Å². The number of nitrogens with two attached hydrogens (primary N) is 1. The Hall–Kier alpha value is -1.76. The van der Waals surface area contributed by atoms with Crippen LogP contribution in [0.1, 0.15) is 26.3 Å². The van der Waals surface area contributed by atoms with E-state index in [2.05, 4.69) is 10.1 Å². The van der Waals surface area contributed by atoms with E-state index in [4.69, 9.17) is 5.73 Å². The molecule has 0 aliphatic rings. The van der Waals surface area contributed by atoms with Crippen molar-refractivity contribution >= 4 is 5.91 Å². The van der Waals surface area contributed by atoms with Crippen LogP contribution in [0.4, 0.5) is 13.2 Å². The van der Waals surface area contributed by atoms with Crippen molar-refractivity contribution in [3.8, 4) is 5.75 Å². The molecule has 1 aromatic carbocycles. The molecule has 3 N–H and O–H groups in total. The summed E-state index contributed by atoms with van der Waals surface area (Å²) in [7, 11) is 0. The normalized spacial score (nSPS) is 13.7. The van der Waals surface area contributed by atoms with Gasteiger partial charge in [0.2, 0.25) is 5.91 Å². The third-order valence-corrected chi connectivity index (χ3v) is 2.87. The van der Waals surface area contributed by atoms with Crippen LogP contribution in [0.15, 0.2) is 24.3 Å². The zero-order chi connectivity index (χ0) is 16.3. The molecule has 1 atom stereocenters. The van der Waals surface area contributed by atoms with Crippen LogP contribution in [0.3, 0.4) is 0 Å². The predicted octanol–water partition coefficient (Wildman–Crippen LogP) is 2.57. The second kappa shape index (κ2) is 6.34. The van der Waals surface area contributed by atoms with Gasteiger partial charge in [-0.15, -0.1) is 13.2 Å². The van der Waals surface area contributed by atoms with Crippen LogP contribution >= 0.6 is 0 Å². The molecule has 1 aromatic rings. The van der Waals surface area contributed by atoms with E-state index in [0.29, 0.717) is 0 Å². The smallest absolute Gasteiger partial charge is 0.405 e. The van der Waals surface area contributed by atoms with E-state index in [1.165, 1.54) is 18.2 Å². The summed E-state index contributed by atoms with van der Waals surface area (Å²) in [5, 5.41) is 2.52. The number of halogens is 3. The van der Waals surface area contributed by atoms with Gasteiger partial charge in [0.1, 0.15) is 5.75 Å². The number of amides is 1. The number of ether oxygens (including phenoxy) is 1. The lowest BCUT2D eigenvalue weighted by atomic mass is 9.87. The van der Waals surface area contributed by atoms with Crippen LogP contribution in [0.2, 0.25) is 0 Å². The first kappa shape index (κ1) is 17.3.